The van der Waals surface area contributed by atoms with Crippen molar-refractivity contribution < 1.29 is 8.42 Å². The van der Waals surface area contributed by atoms with E-state index in [9.17, 15) is 8.42 Å². The maximum Gasteiger partial charge on any atom is 0.241 e. The molecule has 0 aliphatic carbocycles. The van der Waals surface area contributed by atoms with Gasteiger partial charge in [0.2, 0.25) is 10.0 Å². The van der Waals surface area contributed by atoms with Gasteiger partial charge in [0.1, 0.15) is 0 Å². The second-order valence-electron chi connectivity index (χ2n) is 4.03. The summed E-state index contributed by atoms with van der Waals surface area (Å²) in [6.07, 6.45) is 1.04. The largest absolute Gasteiger partial charge is 0.315 e. The highest BCUT2D eigenvalue weighted by molar-refractivity contribution is 9.10. The molecule has 0 bridgehead atoms. The van der Waals surface area contributed by atoms with E-state index in [1.165, 1.54) is 0 Å². The summed E-state index contributed by atoms with van der Waals surface area (Å²) in [7, 11) is -3.44. The average molecular weight is 335 g/mol. The van der Waals surface area contributed by atoms with E-state index < -0.39 is 10.0 Å². The number of rotatable bonds is 7. The minimum Gasteiger partial charge on any atom is -0.315 e. The highest BCUT2D eigenvalue weighted by Crippen LogP contribution is 2.24. The normalized spacial score (nSPS) is 11.7. The van der Waals surface area contributed by atoms with Gasteiger partial charge in [-0.1, -0.05) is 19.1 Å². The van der Waals surface area contributed by atoms with Crippen LogP contribution in [0, 0.1) is 6.92 Å². The summed E-state index contributed by atoms with van der Waals surface area (Å²) in [5.41, 5.74) is 0.905. The van der Waals surface area contributed by atoms with Crippen LogP contribution in [0.1, 0.15) is 18.9 Å². The number of nitrogens with one attached hydrogen (secondary N) is 2. The highest BCUT2D eigenvalue weighted by Gasteiger charge is 2.17. The molecule has 0 aliphatic rings. The lowest BCUT2D eigenvalue weighted by atomic mass is 10.2. The van der Waals surface area contributed by atoms with E-state index >= 15 is 0 Å². The van der Waals surface area contributed by atoms with Crippen molar-refractivity contribution in [2.45, 2.75) is 25.2 Å². The minimum atomic E-state index is -3.44. The fraction of sp³-hybridized carbons (Fsp3) is 0.500. The zero-order chi connectivity index (χ0) is 13.6. The summed E-state index contributed by atoms with van der Waals surface area (Å²) in [4.78, 5) is 0.290. The van der Waals surface area contributed by atoms with Gasteiger partial charge in [0.05, 0.1) is 4.90 Å². The Labute approximate surface area is 117 Å². The Morgan fingerprint density at radius 3 is 2.61 bits per heavy atom. The van der Waals surface area contributed by atoms with Crippen molar-refractivity contribution >= 4 is 26.0 Å². The molecule has 0 heterocycles. The first-order chi connectivity index (χ1) is 8.49. The molecule has 18 heavy (non-hydrogen) atoms. The second-order valence-corrected chi connectivity index (χ2v) is 6.56. The lowest BCUT2D eigenvalue weighted by molar-refractivity contribution is 0.575. The van der Waals surface area contributed by atoms with E-state index in [2.05, 4.69) is 32.9 Å². The molecule has 0 atom stereocenters. The molecule has 4 nitrogen and oxygen atoms in total. The van der Waals surface area contributed by atoms with Crippen LogP contribution in [0.15, 0.2) is 27.6 Å². The van der Waals surface area contributed by atoms with E-state index in [4.69, 9.17) is 0 Å². The third-order valence-corrected chi connectivity index (χ3v) is 5.28. The Hall–Kier alpha value is -0.430. The van der Waals surface area contributed by atoms with Gasteiger partial charge >= 0.3 is 0 Å². The van der Waals surface area contributed by atoms with Crippen LogP contribution in [0.5, 0.6) is 0 Å². The standard InChI is InChI=1S/C12H19BrN2O2S/c1-3-7-14-8-9-15-18(16,17)11-6-4-5-10(2)12(11)13/h4-6,14-15H,3,7-9H2,1-2H3. The van der Waals surface area contributed by atoms with Gasteiger partial charge in [-0.15, -0.1) is 0 Å². The van der Waals surface area contributed by atoms with Crippen molar-refractivity contribution in [3.63, 3.8) is 0 Å². The number of aryl methyl sites for hydroxylation is 1. The molecule has 0 saturated heterocycles. The summed E-state index contributed by atoms with van der Waals surface area (Å²) < 4.78 is 27.3. The van der Waals surface area contributed by atoms with Gasteiger partial charge in [-0.2, -0.15) is 0 Å². The molecule has 2 N–H and O–H groups in total. The van der Waals surface area contributed by atoms with Crippen LogP contribution >= 0.6 is 15.9 Å². The molecule has 0 radical (unpaired) electrons. The first-order valence-corrected chi connectivity index (χ1v) is 8.22. The summed E-state index contributed by atoms with van der Waals surface area (Å²) >= 11 is 3.32. The molecule has 0 saturated carbocycles. The molecule has 0 spiro atoms. The number of benzene rings is 1. The zero-order valence-electron chi connectivity index (χ0n) is 10.7. The molecule has 6 heteroatoms. The van der Waals surface area contributed by atoms with Gasteiger partial charge in [0.15, 0.2) is 0 Å². The summed E-state index contributed by atoms with van der Waals surface area (Å²) in [6.45, 7) is 5.86. The lowest BCUT2D eigenvalue weighted by Crippen LogP contribution is -2.32. The van der Waals surface area contributed by atoms with Crippen LogP contribution in [-0.4, -0.2) is 28.1 Å². The predicted octanol–water partition coefficient (Wildman–Crippen LogP) is 2.04. The van der Waals surface area contributed by atoms with Crippen LogP contribution < -0.4 is 10.0 Å². The van der Waals surface area contributed by atoms with Crippen molar-refractivity contribution in [2.24, 2.45) is 0 Å². The molecular weight excluding hydrogens is 316 g/mol. The van der Waals surface area contributed by atoms with Gasteiger partial charge in [-0.25, -0.2) is 13.1 Å². The van der Waals surface area contributed by atoms with E-state index in [1.54, 1.807) is 12.1 Å². The van der Waals surface area contributed by atoms with Crippen LogP contribution in [0.2, 0.25) is 0 Å². The molecule has 102 valence electrons. The summed E-state index contributed by atoms with van der Waals surface area (Å²) in [6, 6.07) is 5.20. The van der Waals surface area contributed by atoms with Crippen LogP contribution in [0.25, 0.3) is 0 Å². The molecule has 1 aromatic carbocycles. The van der Waals surface area contributed by atoms with E-state index in [-0.39, 0.29) is 4.90 Å². The molecule has 1 rings (SSSR count). The number of hydrogen-bond acceptors (Lipinski definition) is 3. The molecule has 0 unspecified atom stereocenters. The van der Waals surface area contributed by atoms with E-state index in [0.717, 1.165) is 18.5 Å². The molecule has 0 amide bonds. The molecule has 0 aromatic heterocycles. The number of hydrogen-bond donors (Lipinski definition) is 2. The van der Waals surface area contributed by atoms with E-state index in [1.807, 2.05) is 13.0 Å². The van der Waals surface area contributed by atoms with Crippen molar-refractivity contribution in [2.75, 3.05) is 19.6 Å². The molecule has 0 fully saturated rings. The third-order valence-electron chi connectivity index (χ3n) is 2.47. The van der Waals surface area contributed by atoms with Crippen molar-refractivity contribution in [3.8, 4) is 0 Å². The average Bonchev–Trinajstić information content (AvgIpc) is 2.32. The quantitative estimate of drug-likeness (QED) is 0.750. The first kappa shape index (κ1) is 15.6. The second kappa shape index (κ2) is 7.23. The number of sulfonamides is 1. The third kappa shape index (κ3) is 4.35. The smallest absolute Gasteiger partial charge is 0.241 e. The van der Waals surface area contributed by atoms with Crippen molar-refractivity contribution in [1.82, 2.24) is 10.0 Å². The number of halogens is 1. The Bertz CT molecular complexity index is 489. The highest BCUT2D eigenvalue weighted by atomic mass is 79.9. The van der Waals surface area contributed by atoms with Crippen molar-refractivity contribution in [3.05, 3.63) is 28.2 Å². The Morgan fingerprint density at radius 2 is 1.94 bits per heavy atom. The summed E-state index contributed by atoms with van der Waals surface area (Å²) in [5.74, 6) is 0. The van der Waals surface area contributed by atoms with Crippen LogP contribution in [-0.2, 0) is 10.0 Å². The van der Waals surface area contributed by atoms with Gasteiger partial charge in [0.25, 0.3) is 0 Å². The van der Waals surface area contributed by atoms with E-state index in [0.29, 0.717) is 17.6 Å². The fourth-order valence-corrected chi connectivity index (χ4v) is 3.57. The van der Waals surface area contributed by atoms with Gasteiger partial charge < -0.3 is 5.32 Å². The maximum atomic E-state index is 12.1. The van der Waals surface area contributed by atoms with Gasteiger partial charge in [-0.3, -0.25) is 0 Å². The van der Waals surface area contributed by atoms with Crippen molar-refractivity contribution in [1.29, 1.82) is 0 Å². The lowest BCUT2D eigenvalue weighted by Gasteiger charge is -2.10. The topological polar surface area (TPSA) is 58.2 Å². The molecule has 1 aromatic rings. The maximum absolute atomic E-state index is 12.1. The molecular formula is C12H19BrN2O2S. The zero-order valence-corrected chi connectivity index (χ0v) is 13.1. The minimum absolute atomic E-state index is 0.290. The fourth-order valence-electron chi connectivity index (χ4n) is 1.48. The summed E-state index contributed by atoms with van der Waals surface area (Å²) in [5, 5.41) is 3.15. The Morgan fingerprint density at radius 1 is 1.22 bits per heavy atom. The molecule has 0 aliphatic heterocycles. The van der Waals surface area contributed by atoms with Gasteiger partial charge in [0, 0.05) is 17.6 Å². The Balaban J connectivity index is 2.66. The van der Waals surface area contributed by atoms with Crippen LogP contribution in [0.3, 0.4) is 0 Å². The first-order valence-electron chi connectivity index (χ1n) is 5.94. The van der Waals surface area contributed by atoms with Gasteiger partial charge in [-0.05, 0) is 47.4 Å². The monoisotopic (exact) mass is 334 g/mol. The Kier molecular flexibility index (Phi) is 6.28. The SMILES string of the molecule is CCCNCCNS(=O)(=O)c1cccc(C)c1Br. The van der Waals surface area contributed by atoms with Crippen LogP contribution in [0.4, 0.5) is 0 Å². The predicted molar refractivity (Wildman–Crippen MR) is 77.2 cm³/mol.